The first kappa shape index (κ1) is 81.6. The maximum Gasteiger partial charge on any atom is 0.313 e. The van der Waals surface area contributed by atoms with Gasteiger partial charge < -0.3 is 23.7 Å². The van der Waals surface area contributed by atoms with E-state index < -0.39 is 24.5 Å². The number of benzene rings is 2. The molecule has 0 N–H and O–H groups in total. The van der Waals surface area contributed by atoms with Crippen molar-refractivity contribution in [1.82, 2.24) is 0 Å². The Kier molecular flexibility index (Phi) is 74.8. The van der Waals surface area contributed by atoms with Crippen LogP contribution in [-0.2, 0) is 293 Å². The molecule has 0 aromatic heterocycles. The molecule has 2 saturated heterocycles. The van der Waals surface area contributed by atoms with E-state index in [4.69, 9.17) is 23.7 Å². The number of carbonyl (C=O) groups excluding carboxylic acids is 1. The van der Waals surface area contributed by atoms with Crippen LogP contribution in [0.4, 0.5) is 0 Å². The van der Waals surface area contributed by atoms with E-state index in [1.807, 2.05) is 12.1 Å². The Labute approximate surface area is 504 Å². The van der Waals surface area contributed by atoms with Crippen molar-refractivity contribution in [2.24, 2.45) is 0 Å². The van der Waals surface area contributed by atoms with E-state index in [1.165, 1.54) is 6.08 Å². The molecule has 4 atom stereocenters. The van der Waals surface area contributed by atoms with E-state index in [0.29, 0.717) is 36.5 Å². The van der Waals surface area contributed by atoms with Crippen LogP contribution >= 0.6 is 0 Å². The molecule has 2 aromatic rings. The summed E-state index contributed by atoms with van der Waals surface area (Å²) in [5, 5.41) is 0. The predicted octanol–water partition coefficient (Wildman–Crippen LogP) is 5.40. The SMILES string of the molecule is C=C=C=C=C=C=C=C=C=C(C)[C-]=CC#COc1ccc(C2OCC3OCCC(OC(=O)c4cc[c-]cc4)C3O2)cc1.[W].[W].[W].[W].[W].[W].[W].[W].[W].[W].[W].[W].[W]. The van der Waals surface area contributed by atoms with Crippen molar-refractivity contribution in [2.75, 3.05) is 13.2 Å². The molecule has 2 fully saturated rings. The zero-order valence-corrected chi connectivity index (χ0v) is 65.7. The van der Waals surface area contributed by atoms with Gasteiger partial charge in [0.2, 0.25) is 0 Å². The molecule has 19 heteroatoms. The number of ether oxygens (including phenoxy) is 5. The van der Waals surface area contributed by atoms with E-state index in [1.54, 1.807) is 43.3 Å². The number of carbonyl (C=O) groups is 1. The van der Waals surface area contributed by atoms with E-state index >= 15 is 0 Å². The standard InChI is InChI=1S/C35H24O6.13W/c1-3-4-5-6-7-8-10-15-27(2)16-13-14-24-37-30-21-19-29(20-22-30)35-39-26-32-33(41-35)31(23-25-38-32)40-34(36)28-17-11-9-12-18-28;;;;;;;;;;;;;/h11-13,17-22,31-33,35H,1,23,25-26H2,2H3;;;;;;;;;;;;;/q-2;;;;;;;;;;;;;. The maximum atomic E-state index is 12.6. The summed E-state index contributed by atoms with van der Waals surface area (Å²) in [4.78, 5) is 12.6. The fourth-order valence-electron chi connectivity index (χ4n) is 3.83. The van der Waals surface area contributed by atoms with E-state index in [9.17, 15) is 4.79 Å². The first-order valence-corrected chi connectivity index (χ1v) is 12.7. The van der Waals surface area contributed by atoms with Crippen LogP contribution < -0.4 is 4.74 Å². The average Bonchev–Trinajstić information content (AvgIpc) is 3.01. The normalized spacial score (nSPS) is 15.4. The number of hydrogen-bond acceptors (Lipinski definition) is 6. The molecule has 54 heavy (non-hydrogen) atoms. The molecular weight excluding hydrogens is 2910 g/mol. The fourth-order valence-corrected chi connectivity index (χ4v) is 3.83. The molecule has 0 radical (unpaired) electrons. The Morgan fingerprint density at radius 1 is 0.815 bits per heavy atom. The van der Waals surface area contributed by atoms with Crippen LogP contribution in [0.5, 0.6) is 5.75 Å². The van der Waals surface area contributed by atoms with Crippen LogP contribution in [0.15, 0.2) is 113 Å². The smallest absolute Gasteiger partial charge is 0.313 e. The molecule has 0 spiro atoms. The molecule has 0 saturated carbocycles. The van der Waals surface area contributed by atoms with E-state index in [2.05, 4.69) is 76.6 Å². The van der Waals surface area contributed by atoms with Gasteiger partial charge in [-0.05, 0) is 52.9 Å². The number of rotatable bonds is 5. The Hall–Kier alpha value is 3.82. The zero-order valence-electron chi connectivity index (χ0n) is 27.6. The summed E-state index contributed by atoms with van der Waals surface area (Å²) >= 11 is 0. The third-order valence-electron chi connectivity index (χ3n) is 5.76. The fraction of sp³-hybridized carbons (Fsp3) is 0.229. The number of esters is 1. The first-order valence-electron chi connectivity index (χ1n) is 12.7. The van der Waals surface area contributed by atoms with Gasteiger partial charge in [-0.25, -0.2) is 10.5 Å². The van der Waals surface area contributed by atoms with Gasteiger partial charge in [0, 0.05) is 292 Å². The summed E-state index contributed by atoms with van der Waals surface area (Å²) in [5.74, 6) is 2.90. The summed E-state index contributed by atoms with van der Waals surface area (Å²) in [6.45, 7) is 5.92. The Balaban J connectivity index is -0.000000186. The molecule has 2 aliphatic heterocycles. The average molecular weight is 2930 g/mol. The quantitative estimate of drug-likeness (QED) is 0.132. The van der Waals surface area contributed by atoms with Gasteiger partial charge in [-0.15, -0.1) is 11.6 Å². The maximum absolute atomic E-state index is 12.6. The summed E-state index contributed by atoms with van der Waals surface area (Å²) in [7, 11) is 0. The second-order valence-electron chi connectivity index (χ2n) is 8.58. The van der Waals surface area contributed by atoms with Crippen molar-refractivity contribution < 1.29 is 302 Å². The minimum absolute atomic E-state index is 0. The second kappa shape index (κ2) is 49.5. The van der Waals surface area contributed by atoms with Crippen LogP contribution in [-0.4, -0.2) is 37.5 Å². The minimum atomic E-state index is -0.637. The molecule has 0 bridgehead atoms. The molecule has 280 valence electrons. The topological polar surface area (TPSA) is 63.2 Å². The van der Waals surface area contributed by atoms with Crippen molar-refractivity contribution in [3.05, 3.63) is 136 Å². The van der Waals surface area contributed by atoms with Gasteiger partial charge in [-0.1, -0.05) is 30.5 Å². The summed E-state index contributed by atoms with van der Waals surface area (Å²) in [5.41, 5.74) is 22.5. The molecule has 2 aromatic carbocycles. The molecule has 4 unspecified atom stereocenters. The van der Waals surface area contributed by atoms with Crippen molar-refractivity contribution in [1.29, 1.82) is 0 Å². The molecule has 4 rings (SSSR count). The first-order chi connectivity index (χ1) is 20.1. The monoisotopic (exact) mass is 2930 g/mol. The summed E-state index contributed by atoms with van der Waals surface area (Å²) in [6.07, 6.45) is 5.74. The Morgan fingerprint density at radius 3 is 1.98 bits per heavy atom. The summed E-state index contributed by atoms with van der Waals surface area (Å²) < 4.78 is 29.2. The van der Waals surface area contributed by atoms with Crippen LogP contribution in [0.1, 0.15) is 35.6 Å². The van der Waals surface area contributed by atoms with Crippen molar-refractivity contribution in [3.8, 4) is 17.8 Å². The van der Waals surface area contributed by atoms with Crippen molar-refractivity contribution in [3.63, 3.8) is 0 Å². The van der Waals surface area contributed by atoms with Crippen LogP contribution in [0, 0.1) is 24.2 Å². The molecular formula is C35H24O6W13-2. The summed E-state index contributed by atoms with van der Waals surface area (Å²) in [6, 6.07) is 16.8. The van der Waals surface area contributed by atoms with Gasteiger partial charge in [0.05, 0.1) is 13.2 Å². The van der Waals surface area contributed by atoms with E-state index in [0.717, 1.165) is 5.56 Å². The third-order valence-corrected chi connectivity index (χ3v) is 5.76. The second-order valence-corrected chi connectivity index (χ2v) is 8.58. The molecule has 0 aliphatic carbocycles. The van der Waals surface area contributed by atoms with Crippen LogP contribution in [0.25, 0.3) is 0 Å². The van der Waals surface area contributed by atoms with Gasteiger partial charge in [-0.3, -0.25) is 0 Å². The van der Waals surface area contributed by atoms with Gasteiger partial charge in [0.15, 0.2) is 6.29 Å². The predicted molar refractivity (Wildman–Crippen MR) is 148 cm³/mol. The van der Waals surface area contributed by atoms with E-state index in [-0.39, 0.29) is 280 Å². The van der Waals surface area contributed by atoms with Gasteiger partial charge in [0.25, 0.3) is 0 Å². The van der Waals surface area contributed by atoms with Crippen molar-refractivity contribution in [2.45, 2.75) is 37.9 Å². The molecule has 2 aliphatic rings. The Morgan fingerprint density at radius 2 is 1.39 bits per heavy atom. The third kappa shape index (κ3) is 30.8. The Bertz CT molecular complexity index is 1680. The molecule has 2 heterocycles. The van der Waals surface area contributed by atoms with Gasteiger partial charge in [-0.2, -0.15) is 42.3 Å². The van der Waals surface area contributed by atoms with Crippen molar-refractivity contribution >= 4 is 5.97 Å². The number of hydrogen-bond donors (Lipinski definition) is 0. The number of fused-ring (bicyclic) bond motifs is 1. The van der Waals surface area contributed by atoms with Gasteiger partial charge in [0.1, 0.15) is 24.1 Å². The minimum Gasteiger partial charge on any atom is -0.457 e. The van der Waals surface area contributed by atoms with Crippen LogP contribution in [0.2, 0.25) is 0 Å². The number of allylic oxidation sites excluding steroid dienone is 3. The largest absolute Gasteiger partial charge is 0.457 e. The van der Waals surface area contributed by atoms with Crippen LogP contribution in [0.3, 0.4) is 0 Å². The zero-order chi connectivity index (χ0) is 28.7. The van der Waals surface area contributed by atoms with Gasteiger partial charge >= 0.3 is 5.97 Å². The molecule has 0 amide bonds. The molecule has 6 nitrogen and oxygen atoms in total.